The third-order valence-electron chi connectivity index (χ3n) is 3.68. The molecule has 1 aliphatic carbocycles. The van der Waals surface area contributed by atoms with Crippen molar-refractivity contribution in [2.45, 2.75) is 43.4 Å². The summed E-state index contributed by atoms with van der Waals surface area (Å²) in [5.74, 6) is -0.346. The van der Waals surface area contributed by atoms with Gasteiger partial charge in [0.2, 0.25) is 0 Å². The molecule has 0 aliphatic heterocycles. The van der Waals surface area contributed by atoms with Crippen molar-refractivity contribution in [3.8, 4) is 0 Å². The lowest BCUT2D eigenvalue weighted by Gasteiger charge is -2.18. The fourth-order valence-corrected chi connectivity index (χ4v) is 4.84. The summed E-state index contributed by atoms with van der Waals surface area (Å²) in [6.45, 7) is 3.90. The molecule has 0 fully saturated rings. The zero-order chi connectivity index (χ0) is 14.3. The molecule has 0 saturated carbocycles. The number of carbonyl (C=O) groups excluding carboxylic acids is 1. The van der Waals surface area contributed by atoms with E-state index in [1.807, 2.05) is 0 Å². The number of thiophene rings is 1. The van der Waals surface area contributed by atoms with Crippen LogP contribution in [0.25, 0.3) is 10.2 Å². The predicted molar refractivity (Wildman–Crippen MR) is 78.9 cm³/mol. The van der Waals surface area contributed by atoms with E-state index in [9.17, 15) is 9.90 Å². The minimum atomic E-state index is -1.06. The summed E-state index contributed by atoms with van der Waals surface area (Å²) in [5.41, 5.74) is 1.33. The summed E-state index contributed by atoms with van der Waals surface area (Å²) in [6.07, 6.45) is 4.83. The fraction of sp³-hybridized carbons (Fsp3) is 0.500. The lowest BCUT2D eigenvalue weighted by atomic mass is 9.89. The van der Waals surface area contributed by atoms with Gasteiger partial charge in [0, 0.05) is 15.5 Å². The number of aliphatic carboxylic acids is 1. The van der Waals surface area contributed by atoms with Crippen LogP contribution in [0.1, 0.15) is 30.7 Å². The Balaban J connectivity index is 2.07. The van der Waals surface area contributed by atoms with Crippen molar-refractivity contribution >= 4 is 39.3 Å². The molecular formula is C14H15N2O2S2-. The lowest BCUT2D eigenvalue weighted by Crippen LogP contribution is -2.31. The van der Waals surface area contributed by atoms with Crippen molar-refractivity contribution in [1.29, 1.82) is 0 Å². The Morgan fingerprint density at radius 1 is 1.55 bits per heavy atom. The van der Waals surface area contributed by atoms with Crippen molar-refractivity contribution in [3.63, 3.8) is 0 Å². The Labute approximate surface area is 125 Å². The van der Waals surface area contributed by atoms with Gasteiger partial charge in [-0.05, 0) is 37.7 Å². The molecule has 0 unspecified atom stereocenters. The molecule has 20 heavy (non-hydrogen) atoms. The van der Waals surface area contributed by atoms with Crippen molar-refractivity contribution in [2.24, 2.45) is 5.92 Å². The van der Waals surface area contributed by atoms with Crippen LogP contribution >= 0.6 is 23.1 Å². The van der Waals surface area contributed by atoms with Crippen LogP contribution in [0.4, 0.5) is 0 Å². The number of carboxylic acids is 1. The number of carboxylic acid groups (broad SMARTS) is 1. The normalized spacial score (nSPS) is 19.8. The number of fused-ring (bicyclic) bond motifs is 3. The molecule has 2 heterocycles. The van der Waals surface area contributed by atoms with Gasteiger partial charge >= 0.3 is 0 Å². The molecule has 2 aromatic rings. The summed E-state index contributed by atoms with van der Waals surface area (Å²) in [5, 5.41) is 12.2. The average Bonchev–Trinajstić information content (AvgIpc) is 2.76. The summed E-state index contributed by atoms with van der Waals surface area (Å²) in [4.78, 5) is 22.0. The summed E-state index contributed by atoms with van der Waals surface area (Å²) in [6, 6.07) is 0. The molecule has 0 N–H and O–H groups in total. The number of hydrogen-bond donors (Lipinski definition) is 0. The number of aryl methyl sites for hydroxylation is 1. The molecule has 106 valence electrons. The quantitative estimate of drug-likeness (QED) is 0.641. The number of aromatic nitrogens is 2. The molecule has 0 amide bonds. The zero-order valence-corrected chi connectivity index (χ0v) is 13.0. The Kier molecular flexibility index (Phi) is 3.69. The highest BCUT2D eigenvalue weighted by Gasteiger charge is 2.23. The van der Waals surface area contributed by atoms with Crippen LogP contribution in [0.2, 0.25) is 0 Å². The highest BCUT2D eigenvalue weighted by molar-refractivity contribution is 8.00. The van der Waals surface area contributed by atoms with Crippen LogP contribution in [-0.4, -0.2) is 21.2 Å². The topological polar surface area (TPSA) is 65.9 Å². The Hall–Kier alpha value is -1.14. The van der Waals surface area contributed by atoms with Gasteiger partial charge in [0.05, 0.1) is 5.97 Å². The Bertz CT molecular complexity index is 668. The first-order valence-corrected chi connectivity index (χ1v) is 8.38. The third kappa shape index (κ3) is 2.42. The highest BCUT2D eigenvalue weighted by Crippen LogP contribution is 2.41. The van der Waals surface area contributed by atoms with E-state index < -0.39 is 11.2 Å². The van der Waals surface area contributed by atoms with Gasteiger partial charge in [0.25, 0.3) is 0 Å². The van der Waals surface area contributed by atoms with Gasteiger partial charge in [-0.2, -0.15) is 0 Å². The van der Waals surface area contributed by atoms with Gasteiger partial charge in [-0.3, -0.25) is 0 Å². The van der Waals surface area contributed by atoms with Crippen molar-refractivity contribution in [2.75, 3.05) is 0 Å². The van der Waals surface area contributed by atoms with E-state index in [2.05, 4.69) is 16.9 Å². The molecule has 0 bridgehead atoms. The van der Waals surface area contributed by atoms with Crippen molar-refractivity contribution < 1.29 is 9.90 Å². The first kappa shape index (κ1) is 13.8. The Morgan fingerprint density at radius 2 is 2.35 bits per heavy atom. The van der Waals surface area contributed by atoms with Gasteiger partial charge in [-0.25, -0.2) is 9.97 Å². The molecule has 0 aromatic carbocycles. The van der Waals surface area contributed by atoms with E-state index in [-0.39, 0.29) is 0 Å². The molecule has 2 aromatic heterocycles. The van der Waals surface area contributed by atoms with Crippen LogP contribution in [0, 0.1) is 5.92 Å². The minimum absolute atomic E-state index is 0.605. The molecule has 3 rings (SSSR count). The van der Waals surface area contributed by atoms with E-state index in [0.29, 0.717) is 5.92 Å². The second-order valence-electron chi connectivity index (χ2n) is 5.29. The van der Waals surface area contributed by atoms with Crippen LogP contribution in [-0.2, 0) is 17.6 Å². The van der Waals surface area contributed by atoms with Gasteiger partial charge in [-0.15, -0.1) is 11.3 Å². The summed E-state index contributed by atoms with van der Waals surface area (Å²) in [7, 11) is 0. The lowest BCUT2D eigenvalue weighted by molar-refractivity contribution is -0.304. The molecule has 4 nitrogen and oxygen atoms in total. The van der Waals surface area contributed by atoms with E-state index >= 15 is 0 Å². The summed E-state index contributed by atoms with van der Waals surface area (Å²) >= 11 is 2.98. The van der Waals surface area contributed by atoms with Gasteiger partial charge in [0.15, 0.2) is 0 Å². The number of hydrogen-bond acceptors (Lipinski definition) is 6. The van der Waals surface area contributed by atoms with E-state index in [1.165, 1.54) is 35.0 Å². The van der Waals surface area contributed by atoms with Crippen LogP contribution in [0.3, 0.4) is 0 Å². The Morgan fingerprint density at radius 3 is 3.10 bits per heavy atom. The van der Waals surface area contributed by atoms with Gasteiger partial charge in [0.1, 0.15) is 16.2 Å². The average molecular weight is 307 g/mol. The molecule has 1 aliphatic rings. The molecule has 2 atom stereocenters. The summed E-state index contributed by atoms with van der Waals surface area (Å²) < 4.78 is 0. The third-order valence-corrected chi connectivity index (χ3v) is 5.92. The fourth-order valence-electron chi connectivity index (χ4n) is 2.55. The first-order valence-electron chi connectivity index (χ1n) is 6.69. The predicted octanol–water partition coefficient (Wildman–Crippen LogP) is 2.05. The number of nitrogens with zero attached hydrogens (tertiary/aromatic N) is 2. The minimum Gasteiger partial charge on any atom is -0.549 e. The second kappa shape index (κ2) is 5.33. The monoisotopic (exact) mass is 307 g/mol. The maximum Gasteiger partial charge on any atom is 0.128 e. The molecular weight excluding hydrogens is 292 g/mol. The van der Waals surface area contributed by atoms with Crippen molar-refractivity contribution in [3.05, 3.63) is 16.8 Å². The molecule has 0 saturated heterocycles. The largest absolute Gasteiger partial charge is 0.549 e. The molecule has 6 heteroatoms. The molecule has 0 spiro atoms. The van der Waals surface area contributed by atoms with Crippen molar-refractivity contribution in [1.82, 2.24) is 9.97 Å². The molecule has 0 radical (unpaired) electrons. The standard InChI is InChI=1S/C14H16N2O2S2/c1-7-3-4-9-10(5-7)20-13-11(9)12(15-6-16-13)19-8(2)14(17)18/h6-8H,3-5H2,1-2H3,(H,17,18)/p-1/t7-,8-/m0/s1. The number of carbonyl (C=O) groups is 1. The van der Waals surface area contributed by atoms with Gasteiger partial charge in [-0.1, -0.05) is 18.7 Å². The first-order chi connectivity index (χ1) is 9.56. The number of thioether (sulfide) groups is 1. The van der Waals surface area contributed by atoms with Crippen LogP contribution in [0.15, 0.2) is 11.4 Å². The SMILES string of the molecule is C[C@H]1CCc2c(sc3ncnc(S[C@@H](C)C(=O)[O-])c23)C1. The second-order valence-corrected chi connectivity index (χ2v) is 7.70. The van der Waals surface area contributed by atoms with Crippen LogP contribution in [0.5, 0.6) is 0 Å². The van der Waals surface area contributed by atoms with Crippen LogP contribution < -0.4 is 5.11 Å². The highest BCUT2D eigenvalue weighted by atomic mass is 32.2. The maximum atomic E-state index is 10.9. The van der Waals surface area contributed by atoms with E-state index in [1.54, 1.807) is 18.3 Å². The maximum absolute atomic E-state index is 10.9. The smallest absolute Gasteiger partial charge is 0.128 e. The van der Waals surface area contributed by atoms with Gasteiger partial charge < -0.3 is 9.90 Å². The van der Waals surface area contributed by atoms with E-state index in [0.717, 1.165) is 28.1 Å². The number of rotatable bonds is 3. The van der Waals surface area contributed by atoms with E-state index in [4.69, 9.17) is 0 Å². The zero-order valence-electron chi connectivity index (χ0n) is 11.4.